The summed E-state index contributed by atoms with van der Waals surface area (Å²) in [6, 6.07) is 4.84. The second kappa shape index (κ2) is 5.90. The number of nitrogens with zero attached hydrogens (tertiary/aromatic N) is 1. The fourth-order valence-electron chi connectivity index (χ4n) is 2.13. The molecule has 0 aliphatic carbocycles. The molecule has 18 heavy (non-hydrogen) atoms. The van der Waals surface area contributed by atoms with Crippen LogP contribution in [0.3, 0.4) is 0 Å². The SMILES string of the molecule is CN1CCCc2cc(C(O)S(=O)(=O)[O-])ccc21.[Na+]. The van der Waals surface area contributed by atoms with Gasteiger partial charge in [-0.05, 0) is 30.0 Å². The van der Waals surface area contributed by atoms with Crippen molar-refractivity contribution in [3.8, 4) is 0 Å². The summed E-state index contributed by atoms with van der Waals surface area (Å²) in [6.45, 7) is 0.953. The van der Waals surface area contributed by atoms with E-state index in [4.69, 9.17) is 0 Å². The number of anilines is 1. The molecule has 1 N–H and O–H groups in total. The average Bonchev–Trinajstić information content (AvgIpc) is 2.26. The number of aliphatic hydroxyl groups is 1. The molecule has 1 aromatic carbocycles. The van der Waals surface area contributed by atoms with Crippen molar-refractivity contribution in [1.29, 1.82) is 0 Å². The van der Waals surface area contributed by atoms with Gasteiger partial charge in [0.15, 0.2) is 5.44 Å². The first kappa shape index (κ1) is 15.9. The summed E-state index contributed by atoms with van der Waals surface area (Å²) in [6.07, 6.45) is 1.81. The Hall–Kier alpha value is -0.110. The minimum Gasteiger partial charge on any atom is -0.746 e. The molecule has 2 rings (SSSR count). The van der Waals surface area contributed by atoms with Crippen molar-refractivity contribution >= 4 is 15.8 Å². The number of aryl methyl sites for hydroxylation is 1. The van der Waals surface area contributed by atoms with E-state index in [1.54, 1.807) is 12.1 Å². The Morgan fingerprint density at radius 1 is 1.44 bits per heavy atom. The van der Waals surface area contributed by atoms with Gasteiger partial charge in [-0.3, -0.25) is 0 Å². The van der Waals surface area contributed by atoms with Crippen molar-refractivity contribution < 1.29 is 47.6 Å². The molecule has 1 unspecified atom stereocenters. The first-order chi connectivity index (χ1) is 7.89. The van der Waals surface area contributed by atoms with Crippen LogP contribution >= 0.6 is 0 Å². The maximum atomic E-state index is 10.7. The van der Waals surface area contributed by atoms with Crippen molar-refractivity contribution in [3.05, 3.63) is 29.3 Å². The molecule has 1 aliphatic rings. The standard InChI is InChI=1S/C11H15NO4S.Na/c1-12-6-2-3-8-7-9(4-5-10(8)12)11(13)17(14,15)16;/h4-5,7,11,13H,2-3,6H2,1H3,(H,14,15,16);/q;+1/p-1. The monoisotopic (exact) mass is 279 g/mol. The molecule has 1 aliphatic heterocycles. The summed E-state index contributed by atoms with van der Waals surface area (Å²) in [4.78, 5) is 2.07. The Morgan fingerprint density at radius 3 is 2.72 bits per heavy atom. The van der Waals surface area contributed by atoms with E-state index in [1.807, 2.05) is 7.05 Å². The molecule has 0 spiro atoms. The summed E-state index contributed by atoms with van der Waals surface area (Å²) in [5.41, 5.74) is 0.170. The molecule has 5 nitrogen and oxygen atoms in total. The molecule has 1 atom stereocenters. The van der Waals surface area contributed by atoms with Crippen LogP contribution in [0, 0.1) is 0 Å². The van der Waals surface area contributed by atoms with E-state index < -0.39 is 15.6 Å². The minimum atomic E-state index is -4.70. The first-order valence-electron chi connectivity index (χ1n) is 5.36. The van der Waals surface area contributed by atoms with Gasteiger partial charge in [0, 0.05) is 19.3 Å². The van der Waals surface area contributed by atoms with Crippen LogP contribution in [0.15, 0.2) is 18.2 Å². The van der Waals surface area contributed by atoms with E-state index in [9.17, 15) is 18.1 Å². The topological polar surface area (TPSA) is 80.7 Å². The third kappa shape index (κ3) is 3.26. The molecule has 7 heteroatoms. The molecular weight excluding hydrogens is 265 g/mol. The van der Waals surface area contributed by atoms with Gasteiger partial charge in [0.2, 0.25) is 0 Å². The van der Waals surface area contributed by atoms with Crippen LogP contribution in [-0.2, 0) is 16.5 Å². The summed E-state index contributed by atoms with van der Waals surface area (Å²) in [5.74, 6) is 0. The Morgan fingerprint density at radius 2 is 2.11 bits per heavy atom. The summed E-state index contributed by atoms with van der Waals surface area (Å²) in [7, 11) is -2.75. The molecule has 0 fully saturated rings. The maximum absolute atomic E-state index is 10.7. The molecule has 0 saturated carbocycles. The molecule has 1 aromatic rings. The van der Waals surface area contributed by atoms with Crippen LogP contribution in [0.2, 0.25) is 0 Å². The summed E-state index contributed by atoms with van der Waals surface area (Å²) >= 11 is 0. The van der Waals surface area contributed by atoms with Crippen molar-refractivity contribution in [3.63, 3.8) is 0 Å². The van der Waals surface area contributed by atoms with Crippen LogP contribution < -0.4 is 34.5 Å². The van der Waals surface area contributed by atoms with Gasteiger partial charge in [0.05, 0.1) is 0 Å². The van der Waals surface area contributed by atoms with E-state index in [-0.39, 0.29) is 35.1 Å². The fourth-order valence-corrected chi connectivity index (χ4v) is 2.61. The van der Waals surface area contributed by atoms with Crippen LogP contribution in [0.5, 0.6) is 0 Å². The van der Waals surface area contributed by atoms with E-state index in [1.165, 1.54) is 6.07 Å². The van der Waals surface area contributed by atoms with Crippen molar-refractivity contribution in [2.75, 3.05) is 18.5 Å². The van der Waals surface area contributed by atoms with Crippen molar-refractivity contribution in [1.82, 2.24) is 0 Å². The van der Waals surface area contributed by atoms with Crippen molar-refractivity contribution in [2.45, 2.75) is 18.3 Å². The van der Waals surface area contributed by atoms with E-state index in [0.717, 1.165) is 30.6 Å². The zero-order valence-electron chi connectivity index (χ0n) is 10.5. The van der Waals surface area contributed by atoms with Crippen LogP contribution in [0.25, 0.3) is 0 Å². The van der Waals surface area contributed by atoms with Gasteiger partial charge in [-0.1, -0.05) is 12.1 Å². The predicted octanol–water partition coefficient (Wildman–Crippen LogP) is -2.39. The smallest absolute Gasteiger partial charge is 0.746 e. The zero-order valence-corrected chi connectivity index (χ0v) is 13.3. The molecule has 94 valence electrons. The minimum absolute atomic E-state index is 0. The van der Waals surface area contributed by atoms with Gasteiger partial charge in [-0.2, -0.15) is 0 Å². The number of aliphatic hydroxyl groups excluding tert-OH is 1. The Labute approximate surface area is 129 Å². The van der Waals surface area contributed by atoms with Gasteiger partial charge >= 0.3 is 29.6 Å². The second-order valence-electron chi connectivity index (χ2n) is 4.26. The molecule has 0 radical (unpaired) electrons. The molecule has 0 saturated heterocycles. The Bertz CT molecular complexity index is 532. The second-order valence-corrected chi connectivity index (χ2v) is 5.69. The normalized spacial score (nSPS) is 16.7. The number of hydrogen-bond donors (Lipinski definition) is 1. The number of benzene rings is 1. The quantitative estimate of drug-likeness (QED) is 0.482. The van der Waals surface area contributed by atoms with E-state index in [2.05, 4.69) is 4.90 Å². The molecule has 0 aromatic heterocycles. The van der Waals surface area contributed by atoms with E-state index in [0.29, 0.717) is 0 Å². The van der Waals surface area contributed by atoms with Gasteiger partial charge < -0.3 is 14.6 Å². The fraction of sp³-hybridized carbons (Fsp3) is 0.455. The summed E-state index contributed by atoms with van der Waals surface area (Å²) < 4.78 is 32.2. The average molecular weight is 279 g/mol. The van der Waals surface area contributed by atoms with Gasteiger partial charge in [0.25, 0.3) is 0 Å². The Balaban J connectivity index is 0.00000162. The van der Waals surface area contributed by atoms with Crippen molar-refractivity contribution in [2.24, 2.45) is 0 Å². The van der Waals surface area contributed by atoms with Crippen LogP contribution in [-0.4, -0.2) is 31.7 Å². The van der Waals surface area contributed by atoms with Gasteiger partial charge in [-0.15, -0.1) is 0 Å². The molecular formula is C11H14NNaO4S. The summed E-state index contributed by atoms with van der Waals surface area (Å²) in [5, 5.41) is 9.41. The number of hydrogen-bond acceptors (Lipinski definition) is 5. The third-order valence-corrected chi connectivity index (χ3v) is 3.83. The molecule has 0 amide bonds. The number of fused-ring (bicyclic) bond motifs is 1. The molecule has 0 bridgehead atoms. The Kier molecular flexibility index (Phi) is 5.22. The van der Waals surface area contributed by atoms with Crippen LogP contribution in [0.4, 0.5) is 5.69 Å². The largest absolute Gasteiger partial charge is 1.00 e. The first-order valence-corrected chi connectivity index (χ1v) is 6.83. The predicted molar refractivity (Wildman–Crippen MR) is 62.7 cm³/mol. The zero-order chi connectivity index (χ0) is 12.6. The van der Waals surface area contributed by atoms with E-state index >= 15 is 0 Å². The third-order valence-electron chi connectivity index (χ3n) is 3.01. The van der Waals surface area contributed by atoms with Gasteiger partial charge in [-0.25, -0.2) is 8.42 Å². The number of rotatable bonds is 2. The van der Waals surface area contributed by atoms with Crippen LogP contribution in [0.1, 0.15) is 23.0 Å². The maximum Gasteiger partial charge on any atom is 1.00 e. The molecule has 1 heterocycles. The van der Waals surface area contributed by atoms with Gasteiger partial charge in [0.1, 0.15) is 10.1 Å².